The number of piperidine rings is 1. The fourth-order valence-electron chi connectivity index (χ4n) is 4.54. The molecule has 0 atom stereocenters. The van der Waals surface area contributed by atoms with Crippen molar-refractivity contribution in [2.75, 3.05) is 52.3 Å². The van der Waals surface area contributed by atoms with E-state index in [0.717, 1.165) is 40.9 Å². The van der Waals surface area contributed by atoms with Gasteiger partial charge in [0.1, 0.15) is 17.1 Å². The molecular formula is C26H33FN4O4S2. The summed E-state index contributed by atoms with van der Waals surface area (Å²) in [5.74, 6) is -0.161. The first-order chi connectivity index (χ1) is 17.6. The lowest BCUT2D eigenvalue weighted by Gasteiger charge is -2.33. The van der Waals surface area contributed by atoms with E-state index < -0.39 is 15.8 Å². The molecule has 1 aromatic heterocycles. The number of rotatable bonds is 9. The molecule has 2 heterocycles. The maximum Gasteiger partial charge on any atom is 0.243 e. The van der Waals surface area contributed by atoms with E-state index in [4.69, 9.17) is 9.72 Å². The molecule has 8 nitrogen and oxygen atoms in total. The van der Waals surface area contributed by atoms with E-state index in [1.54, 1.807) is 12.0 Å². The van der Waals surface area contributed by atoms with Crippen molar-refractivity contribution in [1.82, 2.24) is 14.2 Å². The van der Waals surface area contributed by atoms with Gasteiger partial charge in [0.05, 0.1) is 16.7 Å². The van der Waals surface area contributed by atoms with Gasteiger partial charge in [-0.2, -0.15) is 4.31 Å². The minimum Gasteiger partial charge on any atom is -0.494 e. The Kier molecular flexibility index (Phi) is 8.47. The zero-order valence-electron chi connectivity index (χ0n) is 21.6. The fraction of sp³-hybridized carbons (Fsp3) is 0.462. The number of amides is 1. The number of aromatic nitrogens is 1. The molecule has 0 radical (unpaired) electrons. The van der Waals surface area contributed by atoms with Crippen LogP contribution in [0, 0.1) is 18.7 Å². The molecular weight excluding hydrogens is 515 g/mol. The molecule has 0 aliphatic carbocycles. The molecule has 200 valence electrons. The van der Waals surface area contributed by atoms with Crippen LogP contribution in [0.5, 0.6) is 5.75 Å². The van der Waals surface area contributed by atoms with Crippen molar-refractivity contribution in [2.45, 2.75) is 31.1 Å². The molecule has 1 saturated heterocycles. The highest BCUT2D eigenvalue weighted by Gasteiger charge is 2.35. The van der Waals surface area contributed by atoms with Crippen LogP contribution in [0.15, 0.2) is 41.3 Å². The van der Waals surface area contributed by atoms with E-state index >= 15 is 0 Å². The van der Waals surface area contributed by atoms with Crippen LogP contribution in [0.4, 0.5) is 9.52 Å². The Labute approximate surface area is 221 Å². The van der Waals surface area contributed by atoms with E-state index in [0.29, 0.717) is 30.3 Å². The Morgan fingerprint density at radius 1 is 1.14 bits per heavy atom. The maximum absolute atomic E-state index is 13.8. The van der Waals surface area contributed by atoms with Crippen LogP contribution < -0.4 is 9.64 Å². The third-order valence-corrected chi connectivity index (χ3v) is 9.78. The predicted octanol–water partition coefficient (Wildman–Crippen LogP) is 4.14. The molecule has 1 aliphatic heterocycles. The number of hydrogen-bond donors (Lipinski definition) is 0. The largest absolute Gasteiger partial charge is 0.494 e. The monoisotopic (exact) mass is 548 g/mol. The van der Waals surface area contributed by atoms with Gasteiger partial charge >= 0.3 is 0 Å². The van der Waals surface area contributed by atoms with Crippen molar-refractivity contribution in [3.63, 3.8) is 0 Å². The molecule has 2 aromatic carbocycles. The van der Waals surface area contributed by atoms with Crippen molar-refractivity contribution < 1.29 is 22.3 Å². The first-order valence-corrected chi connectivity index (χ1v) is 14.5. The minimum absolute atomic E-state index is 0.0340. The third-order valence-electron chi connectivity index (χ3n) is 6.65. The van der Waals surface area contributed by atoms with Gasteiger partial charge < -0.3 is 9.64 Å². The number of hydrogen-bond acceptors (Lipinski definition) is 7. The Morgan fingerprint density at radius 2 is 1.81 bits per heavy atom. The SMILES string of the molecule is COc1ccc(C)c2sc(N(CCCN(C)C)C(=O)C3CCN(S(=O)(=O)c4ccc(F)cc4)CC3)nc12. The number of ether oxygens (including phenoxy) is 1. The molecule has 3 aromatic rings. The molecule has 4 rings (SSSR count). The maximum atomic E-state index is 13.8. The quantitative estimate of drug-likeness (QED) is 0.400. The molecule has 11 heteroatoms. The number of carbonyl (C=O) groups is 1. The zero-order valence-corrected chi connectivity index (χ0v) is 23.2. The number of thiazole rings is 1. The minimum atomic E-state index is -3.74. The fourth-order valence-corrected chi connectivity index (χ4v) is 7.10. The molecule has 37 heavy (non-hydrogen) atoms. The Bertz CT molecular complexity index is 1350. The van der Waals surface area contributed by atoms with Crippen molar-refractivity contribution in [1.29, 1.82) is 0 Å². The summed E-state index contributed by atoms with van der Waals surface area (Å²) < 4.78 is 47.2. The highest BCUT2D eigenvalue weighted by Crippen LogP contribution is 2.37. The van der Waals surface area contributed by atoms with Gasteiger partial charge in [0.25, 0.3) is 0 Å². The van der Waals surface area contributed by atoms with Crippen molar-refractivity contribution in [3.05, 3.63) is 47.8 Å². The van der Waals surface area contributed by atoms with Gasteiger partial charge in [-0.3, -0.25) is 9.69 Å². The second-order valence-corrected chi connectivity index (χ2v) is 12.5. The van der Waals surface area contributed by atoms with E-state index in [1.807, 2.05) is 33.2 Å². The molecule has 0 unspecified atom stereocenters. The summed E-state index contributed by atoms with van der Waals surface area (Å²) in [4.78, 5) is 22.5. The highest BCUT2D eigenvalue weighted by atomic mass is 32.2. The molecule has 0 spiro atoms. The van der Waals surface area contributed by atoms with Gasteiger partial charge in [-0.05, 0) is 82.7 Å². The lowest BCUT2D eigenvalue weighted by Crippen LogP contribution is -2.45. The molecule has 0 bridgehead atoms. The van der Waals surface area contributed by atoms with E-state index in [1.165, 1.54) is 27.8 Å². The zero-order chi connectivity index (χ0) is 26.7. The normalized spacial score (nSPS) is 15.4. The van der Waals surface area contributed by atoms with Crippen LogP contribution in [-0.2, 0) is 14.8 Å². The van der Waals surface area contributed by atoms with Crippen LogP contribution in [0.2, 0.25) is 0 Å². The Balaban J connectivity index is 1.54. The molecule has 1 amide bonds. The highest BCUT2D eigenvalue weighted by molar-refractivity contribution is 7.89. The number of nitrogens with zero attached hydrogens (tertiary/aromatic N) is 4. The number of halogens is 1. The molecule has 0 N–H and O–H groups in total. The lowest BCUT2D eigenvalue weighted by atomic mass is 9.96. The van der Waals surface area contributed by atoms with E-state index in [2.05, 4.69) is 4.90 Å². The first kappa shape index (κ1) is 27.4. The van der Waals surface area contributed by atoms with Crippen LogP contribution >= 0.6 is 11.3 Å². The number of sulfonamides is 1. The third kappa shape index (κ3) is 5.95. The average Bonchev–Trinajstić information content (AvgIpc) is 3.33. The number of benzene rings is 2. The smallest absolute Gasteiger partial charge is 0.243 e. The van der Waals surface area contributed by atoms with Crippen molar-refractivity contribution in [3.8, 4) is 5.75 Å². The van der Waals surface area contributed by atoms with E-state index in [9.17, 15) is 17.6 Å². The summed E-state index contributed by atoms with van der Waals surface area (Å²) >= 11 is 1.48. The van der Waals surface area contributed by atoms with Crippen molar-refractivity contribution >= 4 is 42.6 Å². The summed E-state index contributed by atoms with van der Waals surface area (Å²) in [6, 6.07) is 8.71. The van der Waals surface area contributed by atoms with E-state index in [-0.39, 0.29) is 29.8 Å². The molecule has 0 saturated carbocycles. The second kappa shape index (κ2) is 11.4. The first-order valence-electron chi connectivity index (χ1n) is 12.3. The van der Waals surface area contributed by atoms with Gasteiger partial charge in [-0.25, -0.2) is 17.8 Å². The number of methoxy groups -OCH3 is 1. The molecule has 1 fully saturated rings. The van der Waals surface area contributed by atoms with Gasteiger partial charge in [0.15, 0.2) is 5.13 Å². The van der Waals surface area contributed by atoms with Crippen LogP contribution in [0.1, 0.15) is 24.8 Å². The second-order valence-electron chi connectivity index (χ2n) is 9.54. The van der Waals surface area contributed by atoms with Gasteiger partial charge in [-0.1, -0.05) is 17.4 Å². The summed E-state index contributed by atoms with van der Waals surface area (Å²) in [6.07, 6.45) is 1.61. The van der Waals surface area contributed by atoms with Crippen LogP contribution in [0.3, 0.4) is 0 Å². The van der Waals surface area contributed by atoms with Gasteiger partial charge in [0, 0.05) is 25.6 Å². The number of aryl methyl sites for hydroxylation is 1. The average molecular weight is 549 g/mol. The van der Waals surface area contributed by atoms with Crippen molar-refractivity contribution in [2.24, 2.45) is 5.92 Å². The van der Waals surface area contributed by atoms with Gasteiger partial charge in [-0.15, -0.1) is 0 Å². The predicted molar refractivity (Wildman–Crippen MR) is 144 cm³/mol. The topological polar surface area (TPSA) is 83.0 Å². The van der Waals surface area contributed by atoms with Gasteiger partial charge in [0.2, 0.25) is 15.9 Å². The standard InChI is InChI=1S/C26H33FN4O4S2/c1-18-6-11-22(35-4)23-24(18)36-26(28-23)31(15-5-14-29(2)3)25(32)19-12-16-30(17-13-19)37(33,34)21-9-7-20(27)8-10-21/h6-11,19H,5,12-17H2,1-4H3. The Morgan fingerprint density at radius 3 is 2.43 bits per heavy atom. The van der Waals surface area contributed by atoms with Crippen LogP contribution in [-0.4, -0.2) is 75.9 Å². The summed E-state index contributed by atoms with van der Waals surface area (Å²) in [5.41, 5.74) is 1.81. The molecule has 1 aliphatic rings. The Hall–Kier alpha value is -2.60. The van der Waals surface area contributed by atoms with Crippen LogP contribution in [0.25, 0.3) is 10.2 Å². The summed E-state index contributed by atoms with van der Waals surface area (Å²) in [7, 11) is 1.86. The summed E-state index contributed by atoms with van der Waals surface area (Å²) in [5, 5.41) is 0.632. The number of carbonyl (C=O) groups excluding carboxylic acids is 1. The number of anilines is 1. The summed E-state index contributed by atoms with van der Waals surface area (Å²) in [6.45, 7) is 3.82. The lowest BCUT2D eigenvalue weighted by molar-refractivity contribution is -0.123. The number of fused-ring (bicyclic) bond motifs is 1.